The molecule has 0 unspecified atom stereocenters. The molecule has 152 valence electrons. The van der Waals surface area contributed by atoms with Crippen LogP contribution in [0.25, 0.3) is 33.3 Å². The van der Waals surface area contributed by atoms with Crippen molar-refractivity contribution in [3.05, 3.63) is 71.5 Å². The quantitative estimate of drug-likeness (QED) is 0.363. The number of hydrogen-bond donors (Lipinski definition) is 0. The van der Waals surface area contributed by atoms with Crippen LogP contribution in [0.2, 0.25) is 0 Å². The summed E-state index contributed by atoms with van der Waals surface area (Å²) in [6.07, 6.45) is 2.04. The number of hydrogen-bond acceptors (Lipinski definition) is 3. The van der Waals surface area contributed by atoms with Gasteiger partial charge in [-0.3, -0.25) is 0 Å². The van der Waals surface area contributed by atoms with Crippen LogP contribution in [-0.2, 0) is 0 Å². The third kappa shape index (κ3) is 2.73. The van der Waals surface area contributed by atoms with Crippen molar-refractivity contribution >= 4 is 16.3 Å². The van der Waals surface area contributed by atoms with Crippen LogP contribution in [-0.4, -0.2) is 20.8 Å². The number of nitrogens with zero attached hydrogens (tertiary/aromatic N) is 3. The molecule has 0 aliphatic carbocycles. The molecule has 5 rings (SSSR count). The molecule has 0 saturated heterocycles. The second kappa shape index (κ2) is 6.80. The van der Waals surface area contributed by atoms with Gasteiger partial charge >= 0.3 is 0 Å². The summed E-state index contributed by atoms with van der Waals surface area (Å²) in [6.45, 7) is 11.0. The van der Waals surface area contributed by atoms with Crippen molar-refractivity contribution in [1.29, 1.82) is 0 Å². The van der Waals surface area contributed by atoms with Crippen molar-refractivity contribution in [3.63, 3.8) is 0 Å². The molecule has 0 atom stereocenters. The van der Waals surface area contributed by atoms with Crippen molar-refractivity contribution in [2.24, 2.45) is 0 Å². The predicted octanol–water partition coefficient (Wildman–Crippen LogP) is 6.17. The average molecular weight is 399 g/mol. The number of aromatic nitrogens is 3. The fraction of sp³-hybridized carbons (Fsp3) is 0.240. The van der Waals surface area contributed by atoms with Gasteiger partial charge in [-0.05, 0) is 77.1 Å². The fourth-order valence-corrected chi connectivity index (χ4v) is 4.50. The Balaban J connectivity index is 1.75. The number of furan rings is 1. The summed E-state index contributed by atoms with van der Waals surface area (Å²) < 4.78 is 15.7. The topological polar surface area (TPSA) is 44.6 Å². The first-order chi connectivity index (χ1) is 14.5. The average Bonchev–Trinajstić information content (AvgIpc) is 3.40. The summed E-state index contributed by atoms with van der Waals surface area (Å²) >= 11 is 0. The Bertz CT molecular complexity index is 1380. The van der Waals surface area contributed by atoms with Crippen LogP contribution in [0, 0.1) is 27.7 Å². The van der Waals surface area contributed by atoms with E-state index in [1.165, 1.54) is 22.2 Å². The molecule has 0 N–H and O–H groups in total. The first kappa shape index (κ1) is 18.6. The molecule has 0 fully saturated rings. The Labute approximate surface area is 175 Å². The molecule has 5 aromatic rings. The SMILES string of the molecule is CCOc1ccc(-n2c(C)c3c(C)nn4cc(-c5ccc(C)o5)cc4c3c2C)cc1. The maximum Gasteiger partial charge on any atom is 0.135 e. The second-order valence-corrected chi connectivity index (χ2v) is 7.74. The van der Waals surface area contributed by atoms with Gasteiger partial charge in [-0.2, -0.15) is 5.10 Å². The van der Waals surface area contributed by atoms with Crippen LogP contribution in [0.1, 0.15) is 29.8 Å². The van der Waals surface area contributed by atoms with Gasteiger partial charge < -0.3 is 13.7 Å². The fourth-order valence-electron chi connectivity index (χ4n) is 4.50. The van der Waals surface area contributed by atoms with E-state index in [9.17, 15) is 0 Å². The number of ether oxygens (including phenoxy) is 1. The molecule has 1 aromatic carbocycles. The molecule has 4 heterocycles. The van der Waals surface area contributed by atoms with Crippen molar-refractivity contribution < 1.29 is 9.15 Å². The lowest BCUT2D eigenvalue weighted by Gasteiger charge is -2.10. The molecule has 0 spiro atoms. The Kier molecular flexibility index (Phi) is 4.21. The largest absolute Gasteiger partial charge is 0.494 e. The molecule has 0 saturated carbocycles. The van der Waals surface area contributed by atoms with Gasteiger partial charge in [0.25, 0.3) is 0 Å². The zero-order valence-corrected chi connectivity index (χ0v) is 18.0. The number of fused-ring (bicyclic) bond motifs is 3. The van der Waals surface area contributed by atoms with Crippen molar-refractivity contribution in [2.75, 3.05) is 6.61 Å². The Morgan fingerprint density at radius 1 is 0.933 bits per heavy atom. The minimum absolute atomic E-state index is 0.666. The number of rotatable bonds is 4. The molecular formula is C25H25N3O2. The van der Waals surface area contributed by atoms with Gasteiger partial charge in [0.15, 0.2) is 0 Å². The van der Waals surface area contributed by atoms with E-state index in [0.29, 0.717) is 6.61 Å². The second-order valence-electron chi connectivity index (χ2n) is 7.74. The Morgan fingerprint density at radius 2 is 1.67 bits per heavy atom. The van der Waals surface area contributed by atoms with E-state index in [1.54, 1.807) is 0 Å². The molecule has 5 nitrogen and oxygen atoms in total. The van der Waals surface area contributed by atoms with E-state index < -0.39 is 0 Å². The third-order valence-electron chi connectivity index (χ3n) is 5.75. The highest BCUT2D eigenvalue weighted by atomic mass is 16.5. The molecule has 30 heavy (non-hydrogen) atoms. The summed E-state index contributed by atoms with van der Waals surface area (Å²) in [7, 11) is 0. The molecule has 4 aromatic heterocycles. The lowest BCUT2D eigenvalue weighted by molar-refractivity contribution is 0.340. The zero-order valence-electron chi connectivity index (χ0n) is 18.0. The standard InChI is InChI=1S/C25H25N3O2/c1-6-29-21-10-8-20(9-11-21)28-17(4)24-16(3)26-27-14-19(23-12-7-15(2)30-23)13-22(27)25(24)18(28)5/h7-14H,6H2,1-5H3. The van der Waals surface area contributed by atoms with Crippen molar-refractivity contribution in [1.82, 2.24) is 14.2 Å². The molecule has 0 radical (unpaired) electrons. The summed E-state index contributed by atoms with van der Waals surface area (Å²) in [5, 5.41) is 7.27. The van der Waals surface area contributed by atoms with Crippen molar-refractivity contribution in [3.8, 4) is 22.8 Å². The van der Waals surface area contributed by atoms with Crippen LogP contribution in [0.15, 0.2) is 53.1 Å². The highest BCUT2D eigenvalue weighted by Crippen LogP contribution is 2.35. The predicted molar refractivity (Wildman–Crippen MR) is 120 cm³/mol. The number of benzene rings is 1. The van der Waals surface area contributed by atoms with Gasteiger partial charge in [0.05, 0.1) is 17.8 Å². The minimum atomic E-state index is 0.666. The van der Waals surface area contributed by atoms with E-state index in [-0.39, 0.29) is 0 Å². The van der Waals surface area contributed by atoms with E-state index in [4.69, 9.17) is 14.3 Å². The minimum Gasteiger partial charge on any atom is -0.494 e. The zero-order chi connectivity index (χ0) is 21.0. The summed E-state index contributed by atoms with van der Waals surface area (Å²) in [4.78, 5) is 0. The highest BCUT2D eigenvalue weighted by molar-refractivity contribution is 6.02. The summed E-state index contributed by atoms with van der Waals surface area (Å²) in [5.74, 6) is 2.66. The number of aryl methyl sites for hydroxylation is 4. The molecule has 0 aliphatic rings. The van der Waals surface area contributed by atoms with Crippen LogP contribution in [0.3, 0.4) is 0 Å². The van der Waals surface area contributed by atoms with Crippen molar-refractivity contribution in [2.45, 2.75) is 34.6 Å². The van der Waals surface area contributed by atoms with E-state index in [0.717, 1.165) is 39.7 Å². The third-order valence-corrected chi connectivity index (χ3v) is 5.75. The van der Waals surface area contributed by atoms with Crippen LogP contribution < -0.4 is 4.74 Å². The van der Waals surface area contributed by atoms with Gasteiger partial charge in [0, 0.05) is 39.6 Å². The normalized spacial score (nSPS) is 11.6. The van der Waals surface area contributed by atoms with Gasteiger partial charge in [0.1, 0.15) is 17.3 Å². The van der Waals surface area contributed by atoms with Gasteiger partial charge in [-0.25, -0.2) is 4.52 Å². The van der Waals surface area contributed by atoms with E-state index in [1.807, 2.05) is 48.8 Å². The monoisotopic (exact) mass is 399 g/mol. The summed E-state index contributed by atoms with van der Waals surface area (Å²) in [5.41, 5.74) is 6.65. The lowest BCUT2D eigenvalue weighted by atomic mass is 10.1. The first-order valence-corrected chi connectivity index (χ1v) is 10.3. The van der Waals surface area contributed by atoms with E-state index in [2.05, 4.69) is 43.5 Å². The highest BCUT2D eigenvalue weighted by Gasteiger charge is 2.20. The molecular weight excluding hydrogens is 374 g/mol. The Morgan fingerprint density at radius 3 is 2.33 bits per heavy atom. The molecule has 0 amide bonds. The maximum absolute atomic E-state index is 5.84. The van der Waals surface area contributed by atoms with Gasteiger partial charge in [-0.15, -0.1) is 0 Å². The van der Waals surface area contributed by atoms with Crippen LogP contribution >= 0.6 is 0 Å². The lowest BCUT2D eigenvalue weighted by Crippen LogP contribution is -1.99. The van der Waals surface area contributed by atoms with Crippen LogP contribution in [0.4, 0.5) is 0 Å². The molecule has 5 heteroatoms. The Hall–Kier alpha value is -3.47. The maximum atomic E-state index is 5.84. The first-order valence-electron chi connectivity index (χ1n) is 10.3. The van der Waals surface area contributed by atoms with Crippen LogP contribution in [0.5, 0.6) is 5.75 Å². The van der Waals surface area contributed by atoms with Gasteiger partial charge in [-0.1, -0.05) is 0 Å². The van der Waals surface area contributed by atoms with E-state index >= 15 is 0 Å². The molecule has 0 aliphatic heterocycles. The summed E-state index contributed by atoms with van der Waals surface area (Å²) in [6, 6.07) is 14.4. The smallest absolute Gasteiger partial charge is 0.135 e. The van der Waals surface area contributed by atoms with Gasteiger partial charge in [0.2, 0.25) is 0 Å². The molecule has 0 bridgehead atoms.